The largest absolute Gasteiger partial charge is 0.484 e. The Bertz CT molecular complexity index is 2430. The van der Waals surface area contributed by atoms with E-state index >= 15 is 0 Å². The normalized spacial score (nSPS) is 22.9. The Hall–Kier alpha value is -5.66. The molecule has 0 spiro atoms. The number of hydrogen-bond acceptors (Lipinski definition) is 1. The third-order valence-corrected chi connectivity index (χ3v) is 11.8. The van der Waals surface area contributed by atoms with Gasteiger partial charge in [0.15, 0.2) is 0 Å². The van der Waals surface area contributed by atoms with Crippen LogP contribution >= 0.6 is 0 Å². The van der Waals surface area contributed by atoms with Crippen LogP contribution in [0, 0.1) is 5.41 Å². The highest BCUT2D eigenvalue weighted by Gasteiger charge is 2.46. The maximum Gasteiger partial charge on any atom is 0.135 e. The molecule has 260 valence electrons. The Morgan fingerprint density at radius 2 is 1.49 bits per heavy atom. The lowest BCUT2D eigenvalue weighted by atomic mass is 9.67. The van der Waals surface area contributed by atoms with Crippen molar-refractivity contribution in [2.24, 2.45) is 5.41 Å². The Morgan fingerprint density at radius 3 is 2.30 bits per heavy atom. The van der Waals surface area contributed by atoms with Crippen LogP contribution in [0.4, 0.5) is 0 Å². The van der Waals surface area contributed by atoms with Crippen LogP contribution in [0.25, 0.3) is 33.9 Å². The minimum atomic E-state index is -0.481. The fourth-order valence-electron chi connectivity index (χ4n) is 9.46. The summed E-state index contributed by atoms with van der Waals surface area (Å²) in [5.41, 5.74) is 17.7. The van der Waals surface area contributed by atoms with Gasteiger partial charge in [-0.1, -0.05) is 179 Å². The summed E-state index contributed by atoms with van der Waals surface area (Å²) in [6.45, 7) is 9.13. The maximum absolute atomic E-state index is 6.60. The van der Waals surface area contributed by atoms with Crippen molar-refractivity contribution >= 4 is 11.6 Å². The highest BCUT2D eigenvalue weighted by Crippen LogP contribution is 2.57. The van der Waals surface area contributed by atoms with E-state index in [1.54, 1.807) is 0 Å². The van der Waals surface area contributed by atoms with Crippen molar-refractivity contribution in [2.45, 2.75) is 58.5 Å². The van der Waals surface area contributed by atoms with Crippen molar-refractivity contribution in [3.05, 3.63) is 208 Å². The molecule has 2 atom stereocenters. The molecule has 53 heavy (non-hydrogen) atoms. The van der Waals surface area contributed by atoms with Crippen LogP contribution in [0.5, 0.6) is 5.75 Å². The fraction of sp³-hybridized carbons (Fsp3) is 0.192. The van der Waals surface area contributed by atoms with Gasteiger partial charge in [0, 0.05) is 23.1 Å². The zero-order valence-corrected chi connectivity index (χ0v) is 31.2. The molecule has 5 aromatic carbocycles. The fourth-order valence-corrected chi connectivity index (χ4v) is 9.46. The smallest absolute Gasteiger partial charge is 0.135 e. The first-order valence-electron chi connectivity index (χ1n) is 19.3. The van der Waals surface area contributed by atoms with E-state index in [9.17, 15) is 0 Å². The molecule has 1 nitrogen and oxygen atoms in total. The van der Waals surface area contributed by atoms with Gasteiger partial charge in [0.05, 0.1) is 5.41 Å². The molecule has 1 saturated carbocycles. The summed E-state index contributed by atoms with van der Waals surface area (Å²) in [5.74, 6) is 1.00. The molecule has 1 fully saturated rings. The minimum Gasteiger partial charge on any atom is -0.484 e. The first kappa shape index (κ1) is 33.2. The van der Waals surface area contributed by atoms with Crippen molar-refractivity contribution in [2.75, 3.05) is 0 Å². The number of hydrogen-bond donors (Lipinski definition) is 0. The Kier molecular flexibility index (Phi) is 8.19. The van der Waals surface area contributed by atoms with E-state index in [2.05, 4.69) is 192 Å². The molecule has 1 heterocycles. The van der Waals surface area contributed by atoms with Crippen molar-refractivity contribution in [1.82, 2.24) is 0 Å². The number of para-hydroxylation sites is 1. The van der Waals surface area contributed by atoms with Crippen molar-refractivity contribution in [1.29, 1.82) is 0 Å². The van der Waals surface area contributed by atoms with E-state index in [-0.39, 0.29) is 11.5 Å². The van der Waals surface area contributed by atoms with Crippen molar-refractivity contribution in [3.63, 3.8) is 0 Å². The summed E-state index contributed by atoms with van der Waals surface area (Å²) in [7, 11) is 0. The summed E-state index contributed by atoms with van der Waals surface area (Å²) in [4.78, 5) is 0. The molecule has 4 aliphatic rings. The number of fused-ring (bicyclic) bond motifs is 6. The van der Waals surface area contributed by atoms with Crippen LogP contribution in [0.3, 0.4) is 0 Å². The third-order valence-electron chi connectivity index (χ3n) is 11.8. The molecule has 0 saturated heterocycles. The molecular weight excluding hydrogens is 641 g/mol. The summed E-state index contributed by atoms with van der Waals surface area (Å²) >= 11 is 0. The molecule has 2 unspecified atom stereocenters. The third kappa shape index (κ3) is 5.28. The predicted molar refractivity (Wildman–Crippen MR) is 223 cm³/mol. The molecule has 9 rings (SSSR count). The molecule has 5 aromatic rings. The second kappa shape index (κ2) is 13.1. The van der Waals surface area contributed by atoms with E-state index < -0.39 is 5.41 Å². The highest BCUT2D eigenvalue weighted by atomic mass is 16.5. The SMILES string of the molecule is C\C=C/C=C1\CC(C)(C)C(=C\c2ccc3c(c2)C(c2ccccc2)(c2ccc(-c4cccc5c4OC4CC=CC=C54)cc2)c2ccccc2-3)\C1=C/CC. The summed E-state index contributed by atoms with van der Waals surface area (Å²) < 4.78 is 6.60. The van der Waals surface area contributed by atoms with E-state index in [1.807, 2.05) is 0 Å². The van der Waals surface area contributed by atoms with Crippen LogP contribution in [-0.2, 0) is 5.41 Å². The summed E-state index contributed by atoms with van der Waals surface area (Å²) in [5, 5.41) is 0. The highest BCUT2D eigenvalue weighted by molar-refractivity contribution is 5.89. The quantitative estimate of drug-likeness (QED) is 0.169. The molecule has 0 amide bonds. The van der Waals surface area contributed by atoms with Gasteiger partial charge in [-0.15, -0.1) is 0 Å². The van der Waals surface area contributed by atoms with Crippen LogP contribution in [0.2, 0.25) is 0 Å². The predicted octanol–water partition coefficient (Wildman–Crippen LogP) is 13.5. The summed E-state index contributed by atoms with van der Waals surface area (Å²) in [6, 6.07) is 43.3. The molecular formula is C52H46O. The standard InChI is InChI=1S/C52H46O/c1-5-7-17-37-34-51(3,4)47(40(37)16-6-2)32-35-26-31-43-42-20-11-13-24-46(42)52(48(43)33-35,38-18-9-8-10-19-38)39-29-27-36(28-30-39)41-22-15-23-45-44-21-12-14-25-49(44)53-50(41)45/h5,7-24,26-33,49H,6,25,34H2,1-4H3/b7-5-,37-17+,40-16-,47-32+. The zero-order chi connectivity index (χ0) is 36.2. The van der Waals surface area contributed by atoms with Gasteiger partial charge in [0.1, 0.15) is 11.9 Å². The molecule has 0 N–H and O–H groups in total. The van der Waals surface area contributed by atoms with Crippen molar-refractivity contribution in [3.8, 4) is 28.0 Å². The molecule has 3 aliphatic carbocycles. The monoisotopic (exact) mass is 686 g/mol. The molecule has 0 aromatic heterocycles. The molecule has 0 radical (unpaired) electrons. The topological polar surface area (TPSA) is 9.23 Å². The van der Waals surface area contributed by atoms with Crippen LogP contribution < -0.4 is 4.74 Å². The first-order chi connectivity index (χ1) is 25.9. The Balaban J connectivity index is 1.22. The lowest BCUT2D eigenvalue weighted by Crippen LogP contribution is -2.28. The first-order valence-corrected chi connectivity index (χ1v) is 19.3. The maximum atomic E-state index is 6.60. The van der Waals surface area contributed by atoms with Crippen LogP contribution in [0.1, 0.15) is 80.3 Å². The molecule has 0 bridgehead atoms. The van der Waals surface area contributed by atoms with Gasteiger partial charge in [-0.25, -0.2) is 0 Å². The molecule has 1 heteroatoms. The van der Waals surface area contributed by atoms with Gasteiger partial charge < -0.3 is 4.74 Å². The van der Waals surface area contributed by atoms with Gasteiger partial charge in [-0.05, 0) is 92.5 Å². The minimum absolute atomic E-state index is 0.0366. The average Bonchev–Trinajstić information content (AvgIpc) is 3.80. The second-order valence-electron chi connectivity index (χ2n) is 15.5. The molecule has 1 aliphatic heterocycles. The Morgan fingerprint density at radius 1 is 0.755 bits per heavy atom. The zero-order valence-electron chi connectivity index (χ0n) is 31.2. The van der Waals surface area contributed by atoms with Gasteiger partial charge >= 0.3 is 0 Å². The van der Waals surface area contributed by atoms with Gasteiger partial charge in [0.25, 0.3) is 0 Å². The number of allylic oxidation sites excluding steroid dienone is 9. The Labute approximate surface area is 315 Å². The number of benzene rings is 5. The van der Waals surface area contributed by atoms with Gasteiger partial charge in [0.2, 0.25) is 0 Å². The van der Waals surface area contributed by atoms with Crippen LogP contribution in [0.15, 0.2) is 175 Å². The van der Waals surface area contributed by atoms with E-state index in [0.29, 0.717) is 0 Å². The van der Waals surface area contributed by atoms with Crippen LogP contribution in [-0.4, -0.2) is 6.10 Å². The second-order valence-corrected chi connectivity index (χ2v) is 15.5. The lowest BCUT2D eigenvalue weighted by Gasteiger charge is -2.34. The summed E-state index contributed by atoms with van der Waals surface area (Å²) in [6.07, 6.45) is 21.1. The van der Waals surface area contributed by atoms with E-state index in [4.69, 9.17) is 4.74 Å². The average molecular weight is 687 g/mol. The van der Waals surface area contributed by atoms with Crippen molar-refractivity contribution < 1.29 is 4.74 Å². The number of ether oxygens (including phenoxy) is 1. The van der Waals surface area contributed by atoms with Gasteiger partial charge in [-0.2, -0.15) is 0 Å². The lowest BCUT2D eigenvalue weighted by molar-refractivity contribution is 0.280. The van der Waals surface area contributed by atoms with E-state index in [1.165, 1.54) is 72.4 Å². The van der Waals surface area contributed by atoms with Gasteiger partial charge in [-0.3, -0.25) is 0 Å². The number of rotatable bonds is 6. The van der Waals surface area contributed by atoms with E-state index in [0.717, 1.165) is 30.6 Å².